The number of hydrazone groups is 1. The Hall–Kier alpha value is -4.09. The van der Waals surface area contributed by atoms with Crippen LogP contribution in [0.15, 0.2) is 71.1 Å². The van der Waals surface area contributed by atoms with Crippen LogP contribution in [0.3, 0.4) is 0 Å². The molecule has 2 aliphatic rings. The van der Waals surface area contributed by atoms with E-state index in [-0.39, 0.29) is 11.9 Å². The zero-order chi connectivity index (χ0) is 24.5. The number of nitrogens with zero attached hydrogens (tertiary/aromatic N) is 4. The second-order valence-corrected chi connectivity index (χ2v) is 8.90. The molecule has 0 bridgehead atoms. The zero-order valence-corrected chi connectivity index (χ0v) is 19.6. The van der Waals surface area contributed by atoms with Crippen LogP contribution in [-0.4, -0.2) is 30.2 Å². The summed E-state index contributed by atoms with van der Waals surface area (Å²) in [7, 11) is 1.90. The predicted molar refractivity (Wildman–Crippen MR) is 135 cm³/mol. The van der Waals surface area contributed by atoms with Crippen LogP contribution in [0, 0.1) is 18.3 Å². The van der Waals surface area contributed by atoms with Gasteiger partial charge in [0.25, 0.3) is 5.91 Å². The van der Waals surface area contributed by atoms with Crippen LogP contribution in [0.5, 0.6) is 0 Å². The van der Waals surface area contributed by atoms with Crippen LogP contribution in [0.1, 0.15) is 41.3 Å². The topological polar surface area (TPSA) is 124 Å². The van der Waals surface area contributed by atoms with Gasteiger partial charge in [0.15, 0.2) is 0 Å². The second kappa shape index (κ2) is 9.04. The number of hydrogen-bond acceptors (Lipinski definition) is 7. The average molecular weight is 456 g/mol. The highest BCUT2D eigenvalue weighted by atomic mass is 16.1. The minimum atomic E-state index is -0.407. The molecule has 1 aliphatic heterocycles. The Morgan fingerprint density at radius 3 is 2.76 bits per heavy atom. The first-order valence-corrected chi connectivity index (χ1v) is 11.2. The Bertz CT molecular complexity index is 1250. The maximum atomic E-state index is 13.0. The normalized spacial score (nSPS) is 18.7. The predicted octanol–water partition coefficient (Wildman–Crippen LogP) is 3.53. The van der Waals surface area contributed by atoms with Gasteiger partial charge in [-0.1, -0.05) is 18.2 Å². The summed E-state index contributed by atoms with van der Waals surface area (Å²) in [5.74, 6) is 6.05. The third-order valence-corrected chi connectivity index (χ3v) is 6.39. The molecule has 1 amide bonds. The number of carbonyl (C=O) groups is 1. The second-order valence-electron chi connectivity index (χ2n) is 8.90. The zero-order valence-electron chi connectivity index (χ0n) is 19.6. The highest BCUT2D eigenvalue weighted by molar-refractivity contribution is 6.05. The fourth-order valence-electron chi connectivity index (χ4n) is 3.85. The quantitative estimate of drug-likeness (QED) is 0.452. The smallest absolute Gasteiger partial charge is 0.255 e. The van der Waals surface area contributed by atoms with Crippen molar-refractivity contribution in [3.05, 3.63) is 82.7 Å². The van der Waals surface area contributed by atoms with E-state index in [1.807, 2.05) is 62.3 Å². The average Bonchev–Trinajstić information content (AvgIpc) is 3.62. The van der Waals surface area contributed by atoms with E-state index < -0.39 is 5.41 Å². The summed E-state index contributed by atoms with van der Waals surface area (Å²) in [6.45, 7) is 3.94. The van der Waals surface area contributed by atoms with Crippen LogP contribution in [0.4, 0.5) is 11.4 Å². The highest BCUT2D eigenvalue weighted by Gasteiger charge is 2.44. The molecule has 1 fully saturated rings. The number of rotatable bonds is 6. The Balaban J connectivity index is 1.52. The van der Waals surface area contributed by atoms with E-state index in [4.69, 9.17) is 11.6 Å². The van der Waals surface area contributed by atoms with Gasteiger partial charge in [-0.3, -0.25) is 14.8 Å². The lowest BCUT2D eigenvalue weighted by Gasteiger charge is -2.24. The lowest BCUT2D eigenvalue weighted by Crippen LogP contribution is -2.30. The number of nitrogens with one attached hydrogen (secondary N) is 1. The van der Waals surface area contributed by atoms with Crippen molar-refractivity contribution in [2.75, 3.05) is 17.4 Å². The van der Waals surface area contributed by atoms with Gasteiger partial charge in [-0.25, -0.2) is 5.84 Å². The van der Waals surface area contributed by atoms with Gasteiger partial charge in [-0.15, -0.1) is 0 Å². The fraction of sp³-hybridized carbons (Fsp3) is 0.269. The largest absolute Gasteiger partial charge is 0.397 e. The molecule has 0 saturated heterocycles. The third kappa shape index (κ3) is 4.65. The lowest BCUT2D eigenvalue weighted by molar-refractivity contribution is 0.102. The number of likely N-dealkylation sites (N-methyl/N-ethyl adjacent to an activating group) is 1. The van der Waals surface area contributed by atoms with Crippen molar-refractivity contribution in [3.63, 3.8) is 0 Å². The van der Waals surface area contributed by atoms with Crippen molar-refractivity contribution >= 4 is 23.5 Å². The molecule has 5 N–H and O–H groups in total. The van der Waals surface area contributed by atoms with Gasteiger partial charge in [0.1, 0.15) is 0 Å². The van der Waals surface area contributed by atoms with Crippen molar-refractivity contribution in [1.29, 1.82) is 5.26 Å². The molecule has 0 spiro atoms. The number of hydrazine groups is 1. The van der Waals surface area contributed by atoms with E-state index in [1.54, 1.807) is 24.5 Å². The molecule has 1 heterocycles. The number of aryl methyl sites for hydroxylation is 1. The van der Waals surface area contributed by atoms with Crippen LogP contribution in [-0.2, 0) is 5.41 Å². The van der Waals surface area contributed by atoms with Crippen LogP contribution < -0.4 is 21.9 Å². The van der Waals surface area contributed by atoms with E-state index >= 15 is 0 Å². The SMILES string of the molecule is Cc1ccc(C(=O)Nc2cccc(C3(C#N)CC3)c2)cc1N(N)/C=C(\N)C1=CC(C)N(C)N=C1. The molecule has 1 aliphatic carbocycles. The van der Waals surface area contributed by atoms with Crippen molar-refractivity contribution in [1.82, 2.24) is 5.01 Å². The van der Waals surface area contributed by atoms with Crippen LogP contribution >= 0.6 is 0 Å². The van der Waals surface area contributed by atoms with E-state index in [9.17, 15) is 10.1 Å². The number of nitrogens with two attached hydrogens (primary N) is 2. The van der Waals surface area contributed by atoms with E-state index in [0.29, 0.717) is 22.6 Å². The summed E-state index contributed by atoms with van der Waals surface area (Å²) in [5, 5.41) is 20.0. The van der Waals surface area contributed by atoms with Crippen molar-refractivity contribution in [2.24, 2.45) is 16.7 Å². The van der Waals surface area contributed by atoms with Gasteiger partial charge in [0, 0.05) is 30.1 Å². The van der Waals surface area contributed by atoms with Crippen LogP contribution in [0.25, 0.3) is 0 Å². The first kappa shape index (κ1) is 23.1. The highest BCUT2D eigenvalue weighted by Crippen LogP contribution is 2.47. The monoisotopic (exact) mass is 455 g/mol. The first-order valence-electron chi connectivity index (χ1n) is 11.2. The fourth-order valence-corrected chi connectivity index (χ4v) is 3.85. The Morgan fingerprint density at radius 1 is 1.32 bits per heavy atom. The third-order valence-electron chi connectivity index (χ3n) is 6.39. The minimum Gasteiger partial charge on any atom is -0.397 e. The molecule has 1 saturated carbocycles. The number of carbonyl (C=O) groups excluding carboxylic acids is 1. The van der Waals surface area contributed by atoms with Gasteiger partial charge in [0.2, 0.25) is 0 Å². The summed E-state index contributed by atoms with van der Waals surface area (Å²) in [6.07, 6.45) is 7.03. The summed E-state index contributed by atoms with van der Waals surface area (Å²) >= 11 is 0. The molecule has 8 heteroatoms. The maximum absolute atomic E-state index is 13.0. The van der Waals surface area contributed by atoms with E-state index in [0.717, 1.165) is 29.5 Å². The van der Waals surface area contributed by atoms with Crippen molar-refractivity contribution in [3.8, 4) is 6.07 Å². The molecule has 8 nitrogen and oxygen atoms in total. The van der Waals surface area contributed by atoms with Gasteiger partial charge >= 0.3 is 0 Å². The molecule has 34 heavy (non-hydrogen) atoms. The van der Waals surface area contributed by atoms with E-state index in [1.165, 1.54) is 5.01 Å². The minimum absolute atomic E-state index is 0.119. The standard InChI is InChI=1S/C26H29N7O/c1-17-7-8-19(25(34)31-22-6-4-5-21(13-22)26(16-27)9-10-26)12-24(17)33(29)15-23(28)20-11-18(2)32(3)30-14-20/h4-8,11-15,18H,9-10,28-29H2,1-3H3,(H,31,34)/b23-15-. The first-order chi connectivity index (χ1) is 16.2. The molecule has 1 unspecified atom stereocenters. The molecule has 174 valence electrons. The van der Waals surface area contributed by atoms with Crippen LogP contribution in [0.2, 0.25) is 0 Å². The molecule has 2 aromatic carbocycles. The Morgan fingerprint density at radius 2 is 2.09 bits per heavy atom. The van der Waals surface area contributed by atoms with E-state index in [2.05, 4.69) is 16.5 Å². The summed E-state index contributed by atoms with van der Waals surface area (Å²) in [6, 6.07) is 15.3. The van der Waals surface area contributed by atoms with Crippen molar-refractivity contribution in [2.45, 2.75) is 38.1 Å². The number of anilines is 2. The van der Waals surface area contributed by atoms with Gasteiger partial charge < -0.3 is 11.1 Å². The maximum Gasteiger partial charge on any atom is 0.255 e. The number of nitriles is 1. The Kier molecular flexibility index (Phi) is 6.14. The summed E-state index contributed by atoms with van der Waals surface area (Å²) in [4.78, 5) is 13.0. The van der Waals surface area contributed by atoms with Gasteiger partial charge in [-0.05, 0) is 68.2 Å². The van der Waals surface area contributed by atoms with Gasteiger partial charge in [0.05, 0.1) is 35.1 Å². The molecule has 0 radical (unpaired) electrons. The number of benzene rings is 2. The summed E-state index contributed by atoms with van der Waals surface area (Å²) < 4.78 is 0. The number of hydrogen-bond donors (Lipinski definition) is 3. The molecular formula is C26H29N7O. The number of allylic oxidation sites excluding steroid dienone is 1. The molecule has 0 aromatic heterocycles. The number of amides is 1. The summed E-state index contributed by atoms with van der Waals surface area (Å²) in [5.41, 5.74) is 10.7. The Labute approximate surface area is 199 Å². The molecule has 1 atom stereocenters. The molecule has 2 aromatic rings. The molecular weight excluding hydrogens is 426 g/mol. The van der Waals surface area contributed by atoms with Gasteiger partial charge in [-0.2, -0.15) is 10.4 Å². The lowest BCUT2D eigenvalue weighted by atomic mass is 9.97. The molecule has 4 rings (SSSR count). The van der Waals surface area contributed by atoms with Crippen molar-refractivity contribution < 1.29 is 4.79 Å².